The van der Waals surface area contributed by atoms with Crippen LogP contribution in [0.1, 0.15) is 0 Å². The van der Waals surface area contributed by atoms with Crippen LogP contribution in [0.5, 0.6) is 0 Å². The molecule has 0 fully saturated rings. The molecule has 11 heteroatoms. The molecule has 0 aromatic carbocycles. The molecule has 6 atom stereocenters. The van der Waals surface area contributed by atoms with E-state index < -0.39 is 53.0 Å². The van der Waals surface area contributed by atoms with Gasteiger partial charge in [-0.3, -0.25) is 9.59 Å². The van der Waals surface area contributed by atoms with Crippen LogP contribution < -0.4 is 0 Å². The maximum absolute atomic E-state index is 10.7. The Bertz CT molecular complexity index is 320. The number of aliphatic hydroxyl groups excluding tert-OH is 7. The van der Waals surface area contributed by atoms with Crippen molar-refractivity contribution >= 4 is 35.5 Å². The fraction of sp³-hybridized carbons (Fsp3) is 0.778. The van der Waals surface area contributed by atoms with Gasteiger partial charge < -0.3 is 35.7 Å². The monoisotopic (exact) mass is 332 g/mol. The molecule has 20 heavy (non-hydrogen) atoms. The first-order valence-electron chi connectivity index (χ1n) is 5.24. The lowest BCUT2D eigenvalue weighted by Gasteiger charge is -2.31. The summed E-state index contributed by atoms with van der Waals surface area (Å²) in [4.78, 5) is 21.3. The molecule has 0 rings (SSSR count). The van der Waals surface area contributed by atoms with Crippen LogP contribution in [0, 0.1) is 0 Å². The second-order valence-corrected chi connectivity index (χ2v) is 4.90. The van der Waals surface area contributed by atoms with Gasteiger partial charge in [0.25, 0.3) is 0 Å². The summed E-state index contributed by atoms with van der Waals surface area (Å²) in [6, 6.07) is 0. The summed E-state index contributed by atoms with van der Waals surface area (Å²) in [5.41, 5.74) is 0. The number of hydrogen-bond donors (Lipinski definition) is 9. The van der Waals surface area contributed by atoms with Crippen molar-refractivity contribution in [1.82, 2.24) is 0 Å². The van der Waals surface area contributed by atoms with E-state index in [0.717, 1.165) is 0 Å². The highest BCUT2D eigenvalue weighted by molar-refractivity contribution is 7.97. The van der Waals surface area contributed by atoms with Gasteiger partial charge in [0.2, 0.25) is 10.2 Å². The molecule has 0 aliphatic heterocycles. The first-order valence-corrected chi connectivity index (χ1v) is 6.13. The fourth-order valence-electron chi connectivity index (χ4n) is 1.27. The summed E-state index contributed by atoms with van der Waals surface area (Å²) >= 11 is 6.40. The van der Waals surface area contributed by atoms with Crippen LogP contribution in [0.15, 0.2) is 0 Å². The van der Waals surface area contributed by atoms with Crippen molar-refractivity contribution in [2.45, 2.75) is 42.7 Å². The van der Waals surface area contributed by atoms with Crippen molar-refractivity contribution in [3.8, 4) is 0 Å². The second kappa shape index (κ2) is 8.26. The third kappa shape index (κ3) is 4.95. The molecule has 0 aliphatic carbocycles. The summed E-state index contributed by atoms with van der Waals surface area (Å²) in [6.07, 6.45) is -15.5. The molecule has 0 aromatic rings. The molecular weight excluding hydrogens is 316 g/mol. The molecule has 9 nitrogen and oxygen atoms in total. The van der Waals surface area contributed by atoms with Crippen molar-refractivity contribution in [1.29, 1.82) is 0 Å². The van der Waals surface area contributed by atoms with Gasteiger partial charge in [0.1, 0.15) is 30.5 Å². The van der Waals surface area contributed by atoms with E-state index in [2.05, 4.69) is 25.3 Å². The predicted octanol–water partition coefficient (Wildman–Crippen LogP) is -4.57. The zero-order chi connectivity index (χ0) is 16.2. The van der Waals surface area contributed by atoms with E-state index in [4.69, 9.17) is 10.2 Å². The van der Waals surface area contributed by atoms with Crippen LogP contribution in [0.2, 0.25) is 0 Å². The van der Waals surface area contributed by atoms with Gasteiger partial charge in [0.15, 0.2) is 12.2 Å². The molecule has 0 saturated carbocycles. The number of hydrogen-bond acceptors (Lipinski definition) is 9. The zero-order valence-electron chi connectivity index (χ0n) is 9.88. The van der Waals surface area contributed by atoms with Crippen molar-refractivity contribution in [3.05, 3.63) is 0 Å². The van der Waals surface area contributed by atoms with E-state index in [9.17, 15) is 35.1 Å². The number of thiol groups is 2. The molecule has 0 radical (unpaired) electrons. The number of aliphatic hydroxyl groups is 7. The Morgan fingerprint density at radius 3 is 0.950 bits per heavy atom. The zero-order valence-corrected chi connectivity index (χ0v) is 11.7. The van der Waals surface area contributed by atoms with Crippen molar-refractivity contribution < 1.29 is 45.3 Å². The predicted molar refractivity (Wildman–Crippen MR) is 70.0 cm³/mol. The van der Waals surface area contributed by atoms with E-state index in [1.165, 1.54) is 0 Å². The molecule has 6 unspecified atom stereocenters. The van der Waals surface area contributed by atoms with Gasteiger partial charge in [0, 0.05) is 0 Å². The van der Waals surface area contributed by atoms with Gasteiger partial charge in [-0.05, 0) is 0 Å². The van der Waals surface area contributed by atoms with Gasteiger partial charge in [-0.15, -0.1) is 25.3 Å². The van der Waals surface area contributed by atoms with Crippen molar-refractivity contribution in [2.24, 2.45) is 0 Å². The van der Waals surface area contributed by atoms with Crippen LogP contribution in [0.25, 0.3) is 0 Å². The average molecular weight is 332 g/mol. The van der Waals surface area contributed by atoms with E-state index >= 15 is 0 Å². The SMILES string of the molecule is O=C(S)C(O)C(O)C(O)C(O)C(O)C(O)C(O)C(=O)S. The van der Waals surface area contributed by atoms with Crippen molar-refractivity contribution in [2.75, 3.05) is 0 Å². The van der Waals surface area contributed by atoms with Crippen LogP contribution >= 0.6 is 25.3 Å². The van der Waals surface area contributed by atoms with Crippen LogP contribution in [-0.2, 0) is 9.59 Å². The topological polar surface area (TPSA) is 176 Å². The molecule has 0 bridgehead atoms. The number of carbonyl (C=O) groups is 2. The lowest BCUT2D eigenvalue weighted by atomic mass is 9.95. The molecule has 0 aliphatic rings. The Labute approximate surface area is 124 Å². The molecule has 118 valence electrons. The maximum atomic E-state index is 10.7. The van der Waals surface area contributed by atoms with Gasteiger partial charge in [-0.2, -0.15) is 0 Å². The molecule has 0 aromatic heterocycles. The first kappa shape index (κ1) is 19.8. The van der Waals surface area contributed by atoms with E-state index in [1.54, 1.807) is 0 Å². The van der Waals surface area contributed by atoms with Crippen LogP contribution in [-0.4, -0.2) is 88.7 Å². The average Bonchev–Trinajstić information content (AvgIpc) is 2.40. The molecule has 0 amide bonds. The summed E-state index contributed by atoms with van der Waals surface area (Å²) in [7, 11) is 0. The summed E-state index contributed by atoms with van der Waals surface area (Å²) in [5.74, 6) is 0. The fourth-order valence-corrected chi connectivity index (χ4v) is 1.58. The number of rotatable bonds is 8. The second-order valence-electron chi connectivity index (χ2n) is 4.02. The highest BCUT2D eigenvalue weighted by Crippen LogP contribution is 2.14. The first-order chi connectivity index (χ1) is 9.02. The van der Waals surface area contributed by atoms with Gasteiger partial charge in [-0.25, -0.2) is 0 Å². The van der Waals surface area contributed by atoms with E-state index in [-0.39, 0.29) is 0 Å². The largest absolute Gasteiger partial charge is 0.387 e. The Balaban J connectivity index is 4.83. The molecular formula is C9H16O9S2. The highest BCUT2D eigenvalue weighted by atomic mass is 32.1. The van der Waals surface area contributed by atoms with Crippen LogP contribution in [0.4, 0.5) is 0 Å². The minimum absolute atomic E-state index is 1.20. The summed E-state index contributed by atoms with van der Waals surface area (Å²) < 4.78 is 0. The normalized spacial score (nSPS) is 22.2. The Hall–Kier alpha value is -0.240. The van der Waals surface area contributed by atoms with Crippen LogP contribution in [0.3, 0.4) is 0 Å². The highest BCUT2D eigenvalue weighted by Gasteiger charge is 2.41. The minimum atomic E-state index is -2.27. The standard InChI is InChI=1S/C9H16O9S2/c10-1(2(11)4(13)6(15)8(17)19)3(12)5(14)7(16)9(18)20/h1-7,10-16H,(H,17,19)(H,18,20). The molecule has 0 saturated heterocycles. The van der Waals surface area contributed by atoms with Gasteiger partial charge >= 0.3 is 0 Å². The van der Waals surface area contributed by atoms with Gasteiger partial charge in [0.05, 0.1) is 0 Å². The summed E-state index contributed by atoms with van der Waals surface area (Å²) in [5, 5.41) is 62.9. The molecule has 0 spiro atoms. The lowest BCUT2D eigenvalue weighted by Crippen LogP contribution is -2.55. The third-order valence-electron chi connectivity index (χ3n) is 2.55. The Kier molecular flexibility index (Phi) is 8.16. The smallest absolute Gasteiger partial charge is 0.217 e. The quantitative estimate of drug-likeness (QED) is 0.198. The van der Waals surface area contributed by atoms with E-state index in [0.29, 0.717) is 0 Å². The summed E-state index contributed by atoms with van der Waals surface area (Å²) in [6.45, 7) is 0. The van der Waals surface area contributed by atoms with E-state index in [1.807, 2.05) is 0 Å². The Morgan fingerprint density at radius 1 is 0.550 bits per heavy atom. The molecule has 0 heterocycles. The van der Waals surface area contributed by atoms with Gasteiger partial charge in [-0.1, -0.05) is 0 Å². The van der Waals surface area contributed by atoms with Crippen molar-refractivity contribution in [3.63, 3.8) is 0 Å². The Morgan fingerprint density at radius 2 is 0.750 bits per heavy atom. The third-order valence-corrected chi connectivity index (χ3v) is 3.08. The molecule has 7 N–H and O–H groups in total. The lowest BCUT2D eigenvalue weighted by molar-refractivity contribution is -0.169. The number of carbonyl (C=O) groups excluding carboxylic acids is 2. The minimum Gasteiger partial charge on any atom is -0.387 e. The maximum Gasteiger partial charge on any atom is 0.217 e.